The van der Waals surface area contributed by atoms with Crippen molar-refractivity contribution in [3.05, 3.63) is 24.6 Å². The molecule has 0 amide bonds. The predicted molar refractivity (Wildman–Crippen MR) is 109 cm³/mol. The van der Waals surface area contributed by atoms with Crippen LogP contribution in [0.3, 0.4) is 0 Å². The molecule has 3 heteroatoms. The molecule has 146 valence electrons. The van der Waals surface area contributed by atoms with Crippen molar-refractivity contribution >= 4 is 0 Å². The minimum Gasteiger partial charge on any atom is -0.395 e. The number of rotatable bonds is 17. The Balaban J connectivity index is 1.77. The van der Waals surface area contributed by atoms with Crippen LogP contribution in [-0.2, 0) is 0 Å². The van der Waals surface area contributed by atoms with Gasteiger partial charge < -0.3 is 15.3 Å². The number of nitrogens with one attached hydrogen (secondary N) is 1. The van der Waals surface area contributed by atoms with Crippen LogP contribution >= 0.6 is 0 Å². The van der Waals surface area contributed by atoms with E-state index in [4.69, 9.17) is 5.11 Å². The van der Waals surface area contributed by atoms with Crippen LogP contribution in [0.15, 0.2) is 24.6 Å². The lowest BCUT2D eigenvalue weighted by molar-refractivity contribution is 0.194. The lowest BCUT2D eigenvalue weighted by Crippen LogP contribution is -2.36. The van der Waals surface area contributed by atoms with E-state index in [0.717, 1.165) is 6.54 Å². The summed E-state index contributed by atoms with van der Waals surface area (Å²) in [6.07, 6.45) is 28.0. The van der Waals surface area contributed by atoms with Crippen molar-refractivity contribution in [2.24, 2.45) is 0 Å². The Morgan fingerprint density at radius 2 is 1.48 bits per heavy atom. The molecule has 0 bridgehead atoms. The number of hydrogen-bond donors (Lipinski definition) is 2. The van der Waals surface area contributed by atoms with Crippen molar-refractivity contribution in [2.75, 3.05) is 13.2 Å². The van der Waals surface area contributed by atoms with Crippen LogP contribution in [-0.4, -0.2) is 29.3 Å². The SMILES string of the molecule is CCC/C=C/CCCCCCCCCCCCC1NC=CN1CCO. The number of β-amino-alcohol motifs (C(OH)–C–C–N with tert-alkyl or cyclic N) is 1. The second kappa shape index (κ2) is 16.5. The first kappa shape index (κ1) is 22.1. The highest BCUT2D eigenvalue weighted by Crippen LogP contribution is 2.15. The molecule has 0 aliphatic carbocycles. The summed E-state index contributed by atoms with van der Waals surface area (Å²) in [4.78, 5) is 2.21. The molecule has 1 aliphatic heterocycles. The molecular weight excluding hydrogens is 308 g/mol. The summed E-state index contributed by atoms with van der Waals surface area (Å²) in [6.45, 7) is 3.21. The molecular formula is C22H42N2O. The molecule has 1 heterocycles. The van der Waals surface area contributed by atoms with Gasteiger partial charge in [-0.1, -0.05) is 76.9 Å². The van der Waals surface area contributed by atoms with E-state index in [-0.39, 0.29) is 6.61 Å². The van der Waals surface area contributed by atoms with Gasteiger partial charge in [0.15, 0.2) is 0 Å². The van der Waals surface area contributed by atoms with Crippen molar-refractivity contribution < 1.29 is 5.11 Å². The predicted octanol–water partition coefficient (Wildman–Crippen LogP) is 5.72. The molecule has 0 saturated carbocycles. The van der Waals surface area contributed by atoms with E-state index in [1.807, 2.05) is 6.20 Å². The number of unbranched alkanes of at least 4 members (excludes halogenated alkanes) is 11. The molecule has 1 unspecified atom stereocenters. The fourth-order valence-corrected chi connectivity index (χ4v) is 3.46. The first-order valence-electron chi connectivity index (χ1n) is 10.8. The monoisotopic (exact) mass is 350 g/mol. The van der Waals surface area contributed by atoms with Crippen LogP contribution in [0.25, 0.3) is 0 Å². The Kier molecular flexibility index (Phi) is 14.6. The van der Waals surface area contributed by atoms with E-state index in [1.165, 1.54) is 89.9 Å². The largest absolute Gasteiger partial charge is 0.395 e. The van der Waals surface area contributed by atoms with Gasteiger partial charge in [-0.25, -0.2) is 0 Å². The highest BCUT2D eigenvalue weighted by atomic mass is 16.3. The van der Waals surface area contributed by atoms with E-state index in [9.17, 15) is 0 Å². The highest BCUT2D eigenvalue weighted by molar-refractivity contribution is 4.93. The molecule has 0 saturated heterocycles. The third-order valence-corrected chi connectivity index (χ3v) is 5.03. The zero-order chi connectivity index (χ0) is 18.0. The normalized spacial score (nSPS) is 16.9. The van der Waals surface area contributed by atoms with E-state index in [1.54, 1.807) is 0 Å². The summed E-state index contributed by atoms with van der Waals surface area (Å²) in [5.41, 5.74) is 0. The summed E-state index contributed by atoms with van der Waals surface area (Å²) >= 11 is 0. The van der Waals surface area contributed by atoms with Crippen LogP contribution < -0.4 is 5.32 Å². The van der Waals surface area contributed by atoms with Crippen molar-refractivity contribution in [1.82, 2.24) is 10.2 Å². The van der Waals surface area contributed by atoms with Gasteiger partial charge in [-0.3, -0.25) is 0 Å². The standard InChI is InChI=1S/C22H42N2O/c1-2-3-4-5-6-7-8-9-10-11-12-13-14-15-16-17-22-23-18-19-24(22)20-21-25/h4-5,18-19,22-23,25H,2-3,6-17,20-21H2,1H3/b5-4+. The third-order valence-electron chi connectivity index (χ3n) is 5.03. The van der Waals surface area contributed by atoms with Gasteiger partial charge in [0, 0.05) is 18.9 Å². The first-order chi connectivity index (χ1) is 12.4. The molecule has 1 rings (SSSR count). The van der Waals surface area contributed by atoms with Gasteiger partial charge >= 0.3 is 0 Å². The Hall–Kier alpha value is -0.960. The smallest absolute Gasteiger partial charge is 0.0982 e. The van der Waals surface area contributed by atoms with Gasteiger partial charge in [0.25, 0.3) is 0 Å². The van der Waals surface area contributed by atoms with Gasteiger partial charge in [-0.15, -0.1) is 0 Å². The van der Waals surface area contributed by atoms with Gasteiger partial charge in [0.1, 0.15) is 0 Å². The maximum absolute atomic E-state index is 9.04. The van der Waals surface area contributed by atoms with Gasteiger partial charge in [-0.2, -0.15) is 0 Å². The summed E-state index contributed by atoms with van der Waals surface area (Å²) in [7, 11) is 0. The zero-order valence-corrected chi connectivity index (χ0v) is 16.6. The Labute approximate surface area is 156 Å². The molecule has 1 aliphatic rings. The minimum absolute atomic E-state index is 0.234. The molecule has 25 heavy (non-hydrogen) atoms. The summed E-state index contributed by atoms with van der Waals surface area (Å²) in [5, 5.41) is 12.4. The van der Waals surface area contributed by atoms with Gasteiger partial charge in [0.2, 0.25) is 0 Å². The maximum atomic E-state index is 9.04. The van der Waals surface area contributed by atoms with Crippen LogP contribution in [0.4, 0.5) is 0 Å². The molecule has 0 spiro atoms. The van der Waals surface area contributed by atoms with Crippen LogP contribution in [0.2, 0.25) is 0 Å². The molecule has 0 radical (unpaired) electrons. The van der Waals surface area contributed by atoms with Crippen molar-refractivity contribution in [3.63, 3.8) is 0 Å². The summed E-state index contributed by atoms with van der Waals surface area (Å²) < 4.78 is 0. The highest BCUT2D eigenvalue weighted by Gasteiger charge is 2.16. The van der Waals surface area contributed by atoms with Crippen LogP contribution in [0.1, 0.15) is 96.8 Å². The van der Waals surface area contributed by atoms with Gasteiger partial charge in [0.05, 0.1) is 12.8 Å². The molecule has 2 N–H and O–H groups in total. The molecule has 3 nitrogen and oxygen atoms in total. The van der Waals surface area contributed by atoms with Crippen molar-refractivity contribution in [1.29, 1.82) is 0 Å². The van der Waals surface area contributed by atoms with E-state index in [2.05, 4.69) is 35.5 Å². The average Bonchev–Trinajstić information content (AvgIpc) is 3.06. The molecule has 1 atom stereocenters. The van der Waals surface area contributed by atoms with Crippen molar-refractivity contribution in [2.45, 2.75) is 103 Å². The Morgan fingerprint density at radius 1 is 0.880 bits per heavy atom. The number of aliphatic hydroxyl groups excluding tert-OH is 1. The van der Waals surface area contributed by atoms with Crippen LogP contribution in [0, 0.1) is 0 Å². The fraction of sp³-hybridized carbons (Fsp3) is 0.818. The second-order valence-corrected chi connectivity index (χ2v) is 7.33. The quantitative estimate of drug-likeness (QED) is 0.260. The summed E-state index contributed by atoms with van der Waals surface area (Å²) in [6, 6.07) is 0. The number of aliphatic hydroxyl groups is 1. The molecule has 0 aromatic carbocycles. The zero-order valence-electron chi connectivity index (χ0n) is 16.6. The third kappa shape index (κ3) is 12.1. The second-order valence-electron chi connectivity index (χ2n) is 7.33. The number of hydrogen-bond acceptors (Lipinski definition) is 3. The van der Waals surface area contributed by atoms with E-state index >= 15 is 0 Å². The topological polar surface area (TPSA) is 35.5 Å². The van der Waals surface area contributed by atoms with Crippen LogP contribution in [0.5, 0.6) is 0 Å². The maximum Gasteiger partial charge on any atom is 0.0982 e. The lowest BCUT2D eigenvalue weighted by Gasteiger charge is -2.24. The Bertz CT molecular complexity index is 341. The molecule has 0 aromatic rings. The van der Waals surface area contributed by atoms with E-state index in [0.29, 0.717) is 6.17 Å². The molecule has 0 aromatic heterocycles. The number of nitrogens with zero attached hydrogens (tertiary/aromatic N) is 1. The first-order valence-corrected chi connectivity index (χ1v) is 10.8. The fourth-order valence-electron chi connectivity index (χ4n) is 3.46. The van der Waals surface area contributed by atoms with Gasteiger partial charge in [-0.05, 0) is 32.1 Å². The lowest BCUT2D eigenvalue weighted by atomic mass is 10.0. The Morgan fingerprint density at radius 3 is 2.12 bits per heavy atom. The average molecular weight is 351 g/mol. The van der Waals surface area contributed by atoms with Crippen molar-refractivity contribution in [3.8, 4) is 0 Å². The summed E-state index contributed by atoms with van der Waals surface area (Å²) in [5.74, 6) is 0. The molecule has 0 fully saturated rings. The van der Waals surface area contributed by atoms with E-state index < -0.39 is 0 Å². The number of allylic oxidation sites excluding steroid dienone is 2. The minimum atomic E-state index is 0.234.